The summed E-state index contributed by atoms with van der Waals surface area (Å²) in [6, 6.07) is 1.74. The molecule has 1 unspecified atom stereocenters. The Bertz CT molecular complexity index is 672. The Hall–Kier alpha value is -1.89. The van der Waals surface area contributed by atoms with Gasteiger partial charge in [0.05, 0.1) is 5.41 Å². The van der Waals surface area contributed by atoms with Gasteiger partial charge in [-0.1, -0.05) is 12.8 Å². The smallest absolute Gasteiger partial charge is 0.269 e. The van der Waals surface area contributed by atoms with E-state index in [-0.39, 0.29) is 17.0 Å². The Kier molecular flexibility index (Phi) is 4.27. The van der Waals surface area contributed by atoms with Crippen LogP contribution in [-0.2, 0) is 4.79 Å². The molecular weight excluding hydrogens is 318 g/mol. The van der Waals surface area contributed by atoms with Gasteiger partial charge in [-0.3, -0.25) is 14.7 Å². The molecule has 7 nitrogen and oxygen atoms in total. The van der Waals surface area contributed by atoms with E-state index >= 15 is 0 Å². The molecular formula is C18H27N5O2. The molecule has 0 spiro atoms. The number of carbonyl (C=O) groups excluding carboxylic acids is 2. The fourth-order valence-electron chi connectivity index (χ4n) is 5.07. The van der Waals surface area contributed by atoms with Gasteiger partial charge < -0.3 is 16.0 Å². The zero-order valence-corrected chi connectivity index (χ0v) is 14.6. The number of hydrogen-bond acceptors (Lipinski definition) is 4. The second-order valence-corrected chi connectivity index (χ2v) is 7.89. The highest BCUT2D eigenvalue weighted by Gasteiger charge is 2.51. The Balaban J connectivity index is 1.50. The van der Waals surface area contributed by atoms with Crippen molar-refractivity contribution >= 4 is 11.8 Å². The van der Waals surface area contributed by atoms with Gasteiger partial charge in [0.2, 0.25) is 5.91 Å². The zero-order chi connectivity index (χ0) is 17.4. The lowest BCUT2D eigenvalue weighted by atomic mass is 9.67. The molecule has 136 valence electrons. The van der Waals surface area contributed by atoms with Crippen LogP contribution in [0.1, 0.15) is 60.6 Å². The number of rotatable bonds is 3. The number of aromatic nitrogens is 2. The van der Waals surface area contributed by atoms with Gasteiger partial charge in [-0.2, -0.15) is 5.10 Å². The van der Waals surface area contributed by atoms with Gasteiger partial charge in [0, 0.05) is 31.2 Å². The molecule has 1 saturated carbocycles. The molecule has 3 heterocycles. The number of fused-ring (bicyclic) bond motifs is 1. The summed E-state index contributed by atoms with van der Waals surface area (Å²) in [5.41, 5.74) is 6.28. The summed E-state index contributed by atoms with van der Waals surface area (Å²) in [7, 11) is 0. The number of amides is 2. The maximum Gasteiger partial charge on any atom is 0.269 e. The second-order valence-electron chi connectivity index (χ2n) is 7.89. The minimum Gasteiger partial charge on any atom is -0.364 e. The Morgan fingerprint density at radius 1 is 1.28 bits per heavy atom. The average Bonchev–Trinajstić information content (AvgIpc) is 3.29. The van der Waals surface area contributed by atoms with E-state index < -0.39 is 5.91 Å². The van der Waals surface area contributed by atoms with Gasteiger partial charge in [0.25, 0.3) is 5.91 Å². The number of primary amides is 1. The van der Waals surface area contributed by atoms with Crippen molar-refractivity contribution in [3.63, 3.8) is 0 Å². The average molecular weight is 345 g/mol. The lowest BCUT2D eigenvalue weighted by Gasteiger charge is -2.43. The lowest BCUT2D eigenvalue weighted by Crippen LogP contribution is -2.52. The topological polar surface area (TPSA) is 104 Å². The quantitative estimate of drug-likeness (QED) is 0.760. The minimum absolute atomic E-state index is 0.188. The number of piperidine rings is 1. The molecule has 3 aliphatic rings. The lowest BCUT2D eigenvalue weighted by molar-refractivity contribution is -0.146. The zero-order valence-electron chi connectivity index (χ0n) is 14.6. The molecule has 3 atom stereocenters. The van der Waals surface area contributed by atoms with Crippen molar-refractivity contribution in [3.05, 3.63) is 17.5 Å². The third kappa shape index (κ3) is 2.84. The Morgan fingerprint density at radius 2 is 2.16 bits per heavy atom. The Labute approximate surface area is 147 Å². The molecule has 2 saturated heterocycles. The third-order valence-corrected chi connectivity index (χ3v) is 6.46. The van der Waals surface area contributed by atoms with Crippen molar-refractivity contribution in [2.45, 2.75) is 44.4 Å². The highest BCUT2D eigenvalue weighted by atomic mass is 16.2. The summed E-state index contributed by atoms with van der Waals surface area (Å²) >= 11 is 0. The van der Waals surface area contributed by atoms with E-state index in [9.17, 15) is 9.59 Å². The highest BCUT2D eigenvalue weighted by Crippen LogP contribution is 2.45. The minimum atomic E-state index is -0.521. The number of H-pyrrole nitrogens is 1. The van der Waals surface area contributed by atoms with Crippen LogP contribution in [0.4, 0.5) is 0 Å². The van der Waals surface area contributed by atoms with Crippen molar-refractivity contribution in [3.8, 4) is 0 Å². The molecule has 4 N–H and O–H groups in total. The third-order valence-electron chi connectivity index (χ3n) is 6.46. The highest BCUT2D eigenvalue weighted by molar-refractivity contribution is 5.90. The predicted molar refractivity (Wildman–Crippen MR) is 92.9 cm³/mol. The summed E-state index contributed by atoms with van der Waals surface area (Å²) in [6.45, 7) is 3.34. The van der Waals surface area contributed by atoms with Crippen molar-refractivity contribution < 1.29 is 9.59 Å². The standard InChI is InChI=1S/C18H27N5O2/c19-16(24)15-8-14(21-22-15)12-4-3-7-23(10-12)17(25)18-6-2-1-5-13(18)9-20-11-18/h8,12-13,20H,1-7,9-11H2,(H2,19,24)(H,21,22)/t12?,13-,18+/m0/s1. The molecule has 1 aromatic heterocycles. The summed E-state index contributed by atoms with van der Waals surface area (Å²) in [6.07, 6.45) is 6.56. The number of nitrogens with two attached hydrogens (primary N) is 1. The van der Waals surface area contributed by atoms with Crippen LogP contribution >= 0.6 is 0 Å². The predicted octanol–water partition coefficient (Wildman–Crippen LogP) is 0.994. The SMILES string of the molecule is NC(=O)c1cc(C2CCCN(C(=O)[C@@]34CCCC[C@H]3CNC4)C2)[nH]n1. The monoisotopic (exact) mass is 345 g/mol. The van der Waals surface area contributed by atoms with Crippen LogP contribution in [0.2, 0.25) is 0 Å². The molecule has 2 aliphatic heterocycles. The number of nitrogens with zero attached hydrogens (tertiary/aromatic N) is 2. The number of carbonyl (C=O) groups is 2. The first-order valence-electron chi connectivity index (χ1n) is 9.45. The maximum absolute atomic E-state index is 13.4. The van der Waals surface area contributed by atoms with Gasteiger partial charge in [-0.25, -0.2) is 0 Å². The van der Waals surface area contributed by atoms with Crippen LogP contribution in [-0.4, -0.2) is 53.1 Å². The molecule has 2 amide bonds. The van der Waals surface area contributed by atoms with Crippen LogP contribution < -0.4 is 11.1 Å². The fraction of sp³-hybridized carbons (Fsp3) is 0.722. The Morgan fingerprint density at radius 3 is 2.96 bits per heavy atom. The summed E-state index contributed by atoms with van der Waals surface area (Å²) in [5.74, 6) is 0.502. The van der Waals surface area contributed by atoms with Gasteiger partial charge in [-0.05, 0) is 44.2 Å². The molecule has 4 rings (SSSR count). The number of nitrogens with one attached hydrogen (secondary N) is 2. The summed E-state index contributed by atoms with van der Waals surface area (Å²) < 4.78 is 0. The van der Waals surface area contributed by atoms with Crippen molar-refractivity contribution in [2.24, 2.45) is 17.1 Å². The van der Waals surface area contributed by atoms with Crippen LogP contribution in [0.25, 0.3) is 0 Å². The van der Waals surface area contributed by atoms with Crippen LogP contribution in [0, 0.1) is 11.3 Å². The molecule has 1 aromatic rings. The maximum atomic E-state index is 13.4. The van der Waals surface area contributed by atoms with E-state index in [4.69, 9.17) is 5.73 Å². The fourth-order valence-corrected chi connectivity index (χ4v) is 5.07. The van der Waals surface area contributed by atoms with E-state index in [1.807, 2.05) is 0 Å². The van der Waals surface area contributed by atoms with E-state index in [1.165, 1.54) is 12.8 Å². The van der Waals surface area contributed by atoms with E-state index in [2.05, 4.69) is 20.4 Å². The number of aromatic amines is 1. The number of likely N-dealkylation sites (tertiary alicyclic amines) is 1. The van der Waals surface area contributed by atoms with E-state index in [1.54, 1.807) is 6.07 Å². The molecule has 3 fully saturated rings. The summed E-state index contributed by atoms with van der Waals surface area (Å²) in [5, 5.41) is 10.4. The molecule has 0 bridgehead atoms. The van der Waals surface area contributed by atoms with E-state index in [0.29, 0.717) is 18.4 Å². The van der Waals surface area contributed by atoms with Gasteiger partial charge >= 0.3 is 0 Å². The number of hydrogen-bond donors (Lipinski definition) is 3. The first-order chi connectivity index (χ1) is 12.1. The van der Waals surface area contributed by atoms with Crippen LogP contribution in [0.15, 0.2) is 6.07 Å². The molecule has 0 radical (unpaired) electrons. The van der Waals surface area contributed by atoms with Crippen molar-refractivity contribution in [1.29, 1.82) is 0 Å². The van der Waals surface area contributed by atoms with Gasteiger partial charge in [0.1, 0.15) is 5.69 Å². The van der Waals surface area contributed by atoms with E-state index in [0.717, 1.165) is 51.0 Å². The molecule has 25 heavy (non-hydrogen) atoms. The summed E-state index contributed by atoms with van der Waals surface area (Å²) in [4.78, 5) is 26.8. The normalized spacial score (nSPS) is 32.4. The molecule has 7 heteroatoms. The first kappa shape index (κ1) is 16.6. The van der Waals surface area contributed by atoms with Crippen LogP contribution in [0.5, 0.6) is 0 Å². The van der Waals surface area contributed by atoms with Crippen molar-refractivity contribution in [1.82, 2.24) is 20.4 Å². The molecule has 0 aromatic carbocycles. The molecule has 1 aliphatic carbocycles. The van der Waals surface area contributed by atoms with Gasteiger partial charge in [0.15, 0.2) is 0 Å². The second kappa shape index (κ2) is 6.44. The van der Waals surface area contributed by atoms with Crippen LogP contribution in [0.3, 0.4) is 0 Å². The first-order valence-corrected chi connectivity index (χ1v) is 9.45. The largest absolute Gasteiger partial charge is 0.364 e. The van der Waals surface area contributed by atoms with Gasteiger partial charge in [-0.15, -0.1) is 0 Å². The van der Waals surface area contributed by atoms with Crippen molar-refractivity contribution in [2.75, 3.05) is 26.2 Å².